The largest absolute Gasteiger partial charge is 0.508 e. The number of guanidine groups is 1. The molecule has 0 saturated heterocycles. The number of aromatic amines is 1. The number of benzene rings is 1. The number of nitrogens with one attached hydrogen (secondary N) is 2. The highest BCUT2D eigenvalue weighted by Gasteiger charge is 2.47. The Morgan fingerprint density at radius 2 is 2.21 bits per heavy atom. The summed E-state index contributed by atoms with van der Waals surface area (Å²) in [5, 5.41) is 23.9. The van der Waals surface area contributed by atoms with E-state index in [9.17, 15) is 15.0 Å². The number of carboxylic acid groups (broad SMARTS) is 1. The standard InChI is InChI=1S/C15H18N6O3/c1-15(10-4-2-3-5-12(10)22)20-19-14(16)21(15)11(13(23)24)6-9-7-17-8-18-9/h2-5,7-8,11,20,22H,6H2,1H3,(H2,16,19)(H,17,18)(H,23,24). The molecule has 0 radical (unpaired) electrons. The molecule has 1 aliphatic heterocycles. The minimum Gasteiger partial charge on any atom is -0.508 e. The monoisotopic (exact) mass is 330 g/mol. The van der Waals surface area contributed by atoms with E-state index in [1.807, 2.05) is 0 Å². The van der Waals surface area contributed by atoms with Crippen molar-refractivity contribution in [3.05, 3.63) is 48.0 Å². The van der Waals surface area contributed by atoms with Crippen LogP contribution in [-0.2, 0) is 16.9 Å². The Labute approximate surface area is 137 Å². The molecule has 24 heavy (non-hydrogen) atoms. The number of nitrogens with two attached hydrogens (primary N) is 1. The van der Waals surface area contributed by atoms with E-state index in [1.165, 1.54) is 17.3 Å². The second-order valence-electron chi connectivity index (χ2n) is 5.68. The van der Waals surface area contributed by atoms with Gasteiger partial charge in [0.05, 0.1) is 6.33 Å². The minimum absolute atomic E-state index is 0.0214. The van der Waals surface area contributed by atoms with Crippen LogP contribution in [0.2, 0.25) is 0 Å². The first kappa shape index (κ1) is 15.7. The van der Waals surface area contributed by atoms with Gasteiger partial charge in [-0.25, -0.2) is 9.78 Å². The molecule has 6 N–H and O–H groups in total. The molecule has 2 heterocycles. The highest BCUT2D eigenvalue weighted by molar-refractivity contribution is 5.87. The summed E-state index contributed by atoms with van der Waals surface area (Å²) in [7, 11) is 0. The average Bonchev–Trinajstić information content (AvgIpc) is 3.15. The number of rotatable bonds is 5. The zero-order valence-electron chi connectivity index (χ0n) is 13.0. The summed E-state index contributed by atoms with van der Waals surface area (Å²) in [4.78, 5) is 20.1. The van der Waals surface area contributed by atoms with Gasteiger partial charge in [0.15, 0.2) is 5.66 Å². The Morgan fingerprint density at radius 3 is 2.83 bits per heavy atom. The maximum absolute atomic E-state index is 11.9. The van der Waals surface area contributed by atoms with Crippen LogP contribution in [0.5, 0.6) is 5.75 Å². The average molecular weight is 330 g/mol. The van der Waals surface area contributed by atoms with Crippen LogP contribution in [0.3, 0.4) is 0 Å². The fraction of sp³-hybridized carbons (Fsp3) is 0.267. The number of hydrazone groups is 1. The van der Waals surface area contributed by atoms with Gasteiger partial charge < -0.3 is 20.9 Å². The maximum atomic E-state index is 11.9. The van der Waals surface area contributed by atoms with Crippen molar-refractivity contribution in [2.24, 2.45) is 10.8 Å². The van der Waals surface area contributed by atoms with Gasteiger partial charge >= 0.3 is 5.97 Å². The van der Waals surface area contributed by atoms with E-state index in [4.69, 9.17) is 5.73 Å². The van der Waals surface area contributed by atoms with E-state index in [2.05, 4.69) is 20.5 Å². The van der Waals surface area contributed by atoms with E-state index in [0.29, 0.717) is 11.3 Å². The van der Waals surface area contributed by atoms with Crippen LogP contribution in [0.1, 0.15) is 18.2 Å². The molecule has 2 unspecified atom stereocenters. The molecule has 1 aliphatic rings. The Hall–Kier alpha value is -3.23. The maximum Gasteiger partial charge on any atom is 0.326 e. The van der Waals surface area contributed by atoms with Gasteiger partial charge in [-0.1, -0.05) is 18.2 Å². The lowest BCUT2D eigenvalue weighted by atomic mass is 9.96. The van der Waals surface area contributed by atoms with E-state index < -0.39 is 17.7 Å². The van der Waals surface area contributed by atoms with Crippen molar-refractivity contribution in [2.45, 2.75) is 25.0 Å². The van der Waals surface area contributed by atoms with Crippen LogP contribution >= 0.6 is 0 Å². The lowest BCUT2D eigenvalue weighted by Gasteiger charge is -2.39. The summed E-state index contributed by atoms with van der Waals surface area (Å²) >= 11 is 0. The number of hydrogen-bond donors (Lipinski definition) is 5. The van der Waals surface area contributed by atoms with E-state index in [1.54, 1.807) is 31.3 Å². The normalized spacial score (nSPS) is 21.2. The molecule has 0 spiro atoms. The summed E-state index contributed by atoms with van der Waals surface area (Å²) in [5.74, 6) is -1.01. The van der Waals surface area contributed by atoms with Crippen LogP contribution in [0.15, 0.2) is 41.9 Å². The minimum atomic E-state index is -1.10. The number of carbonyl (C=O) groups is 1. The van der Waals surface area contributed by atoms with Gasteiger partial charge in [0.1, 0.15) is 11.8 Å². The molecule has 3 rings (SSSR count). The fourth-order valence-electron chi connectivity index (χ4n) is 2.94. The van der Waals surface area contributed by atoms with Crippen LogP contribution in [0.4, 0.5) is 0 Å². The molecule has 9 heteroatoms. The number of imidazole rings is 1. The van der Waals surface area contributed by atoms with Gasteiger partial charge in [-0.15, -0.1) is 5.10 Å². The van der Waals surface area contributed by atoms with E-state index in [-0.39, 0.29) is 18.1 Å². The third-order valence-corrected chi connectivity index (χ3v) is 4.11. The third-order valence-electron chi connectivity index (χ3n) is 4.11. The lowest BCUT2D eigenvalue weighted by molar-refractivity contribution is -0.143. The number of aromatic hydroxyl groups is 1. The van der Waals surface area contributed by atoms with Crippen LogP contribution in [0, 0.1) is 0 Å². The number of phenols is 1. The number of phenolic OH excluding ortho intramolecular Hbond substituents is 1. The van der Waals surface area contributed by atoms with Crippen molar-refractivity contribution >= 4 is 11.9 Å². The molecule has 9 nitrogen and oxygen atoms in total. The van der Waals surface area contributed by atoms with Crippen LogP contribution < -0.4 is 11.2 Å². The number of nitrogens with zero attached hydrogens (tertiary/aromatic N) is 3. The predicted molar refractivity (Wildman–Crippen MR) is 85.8 cm³/mol. The van der Waals surface area contributed by atoms with Crippen LogP contribution in [-0.4, -0.2) is 43.1 Å². The molecule has 2 aromatic rings. The number of carboxylic acids is 1. The smallest absolute Gasteiger partial charge is 0.326 e. The summed E-state index contributed by atoms with van der Waals surface area (Å²) in [6, 6.07) is 5.65. The lowest BCUT2D eigenvalue weighted by Crippen LogP contribution is -2.58. The molecule has 126 valence electrons. The number of hydrogen-bond acceptors (Lipinski definition) is 7. The number of aliphatic carboxylic acids is 1. The summed E-state index contributed by atoms with van der Waals surface area (Å²) in [5.41, 5.74) is 8.83. The van der Waals surface area contributed by atoms with Crippen molar-refractivity contribution in [1.82, 2.24) is 20.3 Å². The Kier molecular flexibility index (Phi) is 3.76. The molecular formula is C15H18N6O3. The first-order valence-corrected chi connectivity index (χ1v) is 7.31. The zero-order valence-corrected chi connectivity index (χ0v) is 13.0. The Balaban J connectivity index is 2.02. The predicted octanol–water partition coefficient (Wildman–Crippen LogP) is 0.119. The molecule has 0 amide bonds. The molecule has 1 aromatic carbocycles. The van der Waals surface area contributed by atoms with Gasteiger partial charge in [0.2, 0.25) is 5.96 Å². The second kappa shape index (κ2) is 5.76. The third kappa shape index (κ3) is 2.49. The molecule has 0 bridgehead atoms. The fourth-order valence-corrected chi connectivity index (χ4v) is 2.94. The molecule has 0 aliphatic carbocycles. The van der Waals surface area contributed by atoms with Crippen LogP contribution in [0.25, 0.3) is 0 Å². The van der Waals surface area contributed by atoms with Gasteiger partial charge in [-0.3, -0.25) is 10.3 Å². The van der Waals surface area contributed by atoms with Crippen molar-refractivity contribution < 1.29 is 15.0 Å². The summed E-state index contributed by atoms with van der Waals surface area (Å²) < 4.78 is 0. The van der Waals surface area contributed by atoms with Crippen molar-refractivity contribution in [2.75, 3.05) is 0 Å². The highest BCUT2D eigenvalue weighted by Crippen LogP contribution is 2.36. The van der Waals surface area contributed by atoms with Gasteiger partial charge in [0, 0.05) is 23.9 Å². The Morgan fingerprint density at radius 1 is 1.46 bits per heavy atom. The van der Waals surface area contributed by atoms with Crippen molar-refractivity contribution in [3.8, 4) is 5.75 Å². The Bertz CT molecular complexity index is 775. The molecular weight excluding hydrogens is 312 g/mol. The van der Waals surface area contributed by atoms with Gasteiger partial charge in [0.25, 0.3) is 0 Å². The number of aromatic nitrogens is 2. The van der Waals surface area contributed by atoms with Crippen molar-refractivity contribution in [3.63, 3.8) is 0 Å². The molecule has 0 saturated carbocycles. The number of para-hydroxylation sites is 1. The van der Waals surface area contributed by atoms with E-state index in [0.717, 1.165) is 0 Å². The molecule has 0 fully saturated rings. The SMILES string of the molecule is CC1(c2ccccc2O)NN=C(N)N1C(Cc1cnc[nH]1)C(=O)O. The zero-order chi connectivity index (χ0) is 17.3. The van der Waals surface area contributed by atoms with Gasteiger partial charge in [-0.2, -0.15) is 0 Å². The highest BCUT2D eigenvalue weighted by atomic mass is 16.4. The first-order chi connectivity index (χ1) is 11.4. The summed E-state index contributed by atoms with van der Waals surface area (Å²) in [6.45, 7) is 1.72. The molecule has 2 atom stereocenters. The first-order valence-electron chi connectivity index (χ1n) is 7.31. The topological polar surface area (TPSA) is 140 Å². The second-order valence-corrected chi connectivity index (χ2v) is 5.68. The summed E-state index contributed by atoms with van der Waals surface area (Å²) in [6.07, 6.45) is 3.19. The quantitative estimate of drug-likeness (QED) is 0.524. The molecule has 1 aromatic heterocycles. The van der Waals surface area contributed by atoms with Gasteiger partial charge in [-0.05, 0) is 13.0 Å². The van der Waals surface area contributed by atoms with E-state index >= 15 is 0 Å². The number of H-pyrrole nitrogens is 1. The van der Waals surface area contributed by atoms with Crippen molar-refractivity contribution in [1.29, 1.82) is 0 Å².